The lowest BCUT2D eigenvalue weighted by atomic mass is 9.79. The van der Waals surface area contributed by atoms with Crippen LogP contribution in [-0.2, 0) is 19.9 Å². The number of rotatable bonds is 3. The van der Waals surface area contributed by atoms with E-state index in [4.69, 9.17) is 5.73 Å². The summed E-state index contributed by atoms with van der Waals surface area (Å²) < 4.78 is 47.6. The van der Waals surface area contributed by atoms with Gasteiger partial charge in [-0.1, -0.05) is 0 Å². The van der Waals surface area contributed by atoms with Gasteiger partial charge in [0.25, 0.3) is 0 Å². The quantitative estimate of drug-likeness (QED) is 0.748. The topological polar surface area (TPSA) is 97.5 Å². The molecular weight excluding hydrogens is 276 g/mol. The van der Waals surface area contributed by atoms with Crippen molar-refractivity contribution in [1.29, 1.82) is 0 Å². The summed E-state index contributed by atoms with van der Waals surface area (Å²) in [6.45, 7) is 0.880. The van der Waals surface area contributed by atoms with Gasteiger partial charge in [0, 0.05) is 25.4 Å². The average Bonchev–Trinajstić information content (AvgIpc) is 2.57. The van der Waals surface area contributed by atoms with Crippen molar-refractivity contribution in [3.8, 4) is 0 Å². The lowest BCUT2D eigenvalue weighted by molar-refractivity contribution is 0.271. The molecule has 2 fully saturated rings. The molecule has 1 aliphatic heterocycles. The molecular formula is C10H20N2O4S2. The standard InChI is InChI=1S/C10H20N2O4S2/c1-17(13,14)7-18(15,16)12-5-8-2-3-10(11)4-9(8)6-12/h8-10H,2-7,11H2,1H3/t8-,9+,10?/m1/s1. The molecule has 0 aromatic carbocycles. The van der Waals surface area contributed by atoms with Crippen LogP contribution < -0.4 is 5.73 Å². The van der Waals surface area contributed by atoms with Crippen molar-refractivity contribution in [3.05, 3.63) is 0 Å². The van der Waals surface area contributed by atoms with E-state index in [1.165, 1.54) is 4.31 Å². The summed E-state index contributed by atoms with van der Waals surface area (Å²) in [5.74, 6) is 0.641. The molecule has 2 aliphatic rings. The largest absolute Gasteiger partial charge is 0.328 e. The molecule has 1 saturated carbocycles. The van der Waals surface area contributed by atoms with Crippen molar-refractivity contribution in [3.63, 3.8) is 0 Å². The first kappa shape index (κ1) is 14.2. The van der Waals surface area contributed by atoms with Crippen molar-refractivity contribution < 1.29 is 16.8 Å². The Morgan fingerprint density at radius 2 is 1.72 bits per heavy atom. The Morgan fingerprint density at radius 1 is 1.11 bits per heavy atom. The second-order valence-electron chi connectivity index (χ2n) is 5.57. The maximum Gasteiger partial charge on any atom is 0.228 e. The van der Waals surface area contributed by atoms with Crippen molar-refractivity contribution in [2.24, 2.45) is 17.6 Å². The number of nitrogens with zero attached hydrogens (tertiary/aromatic N) is 1. The van der Waals surface area contributed by atoms with E-state index in [2.05, 4.69) is 0 Å². The highest BCUT2D eigenvalue weighted by atomic mass is 32.3. The van der Waals surface area contributed by atoms with Gasteiger partial charge in [-0.25, -0.2) is 21.1 Å². The van der Waals surface area contributed by atoms with Crippen molar-refractivity contribution >= 4 is 19.9 Å². The monoisotopic (exact) mass is 296 g/mol. The molecule has 8 heteroatoms. The second-order valence-corrected chi connectivity index (χ2v) is 10.0. The third kappa shape index (κ3) is 3.23. The number of hydrogen-bond acceptors (Lipinski definition) is 5. The van der Waals surface area contributed by atoms with Crippen LogP contribution in [0.5, 0.6) is 0 Å². The molecule has 1 heterocycles. The van der Waals surface area contributed by atoms with E-state index < -0.39 is 24.9 Å². The van der Waals surface area contributed by atoms with Gasteiger partial charge in [-0.05, 0) is 31.1 Å². The zero-order valence-corrected chi connectivity index (χ0v) is 12.1. The normalized spacial score (nSPS) is 34.4. The zero-order chi connectivity index (χ0) is 13.6. The molecule has 2 rings (SSSR count). The van der Waals surface area contributed by atoms with Gasteiger partial charge >= 0.3 is 0 Å². The van der Waals surface area contributed by atoms with Gasteiger partial charge in [0.05, 0.1) is 0 Å². The first-order chi connectivity index (χ1) is 8.17. The Balaban J connectivity index is 2.08. The summed E-state index contributed by atoms with van der Waals surface area (Å²) in [5.41, 5.74) is 5.88. The lowest BCUT2D eigenvalue weighted by Crippen LogP contribution is -2.34. The fourth-order valence-electron chi connectivity index (χ4n) is 3.00. The minimum absolute atomic E-state index is 0.156. The minimum Gasteiger partial charge on any atom is -0.328 e. The summed E-state index contributed by atoms with van der Waals surface area (Å²) in [6, 6.07) is 0.156. The van der Waals surface area contributed by atoms with E-state index in [0.717, 1.165) is 25.5 Å². The molecule has 3 atom stereocenters. The molecule has 0 radical (unpaired) electrons. The van der Waals surface area contributed by atoms with Crippen LogP contribution in [0.15, 0.2) is 0 Å². The number of sulfone groups is 1. The maximum absolute atomic E-state index is 12.0. The molecule has 106 valence electrons. The summed E-state index contributed by atoms with van der Waals surface area (Å²) >= 11 is 0. The van der Waals surface area contributed by atoms with Crippen LogP contribution in [0.3, 0.4) is 0 Å². The third-order valence-electron chi connectivity index (χ3n) is 3.81. The SMILES string of the molecule is CS(=O)(=O)CS(=O)(=O)N1C[C@H]2CCC(N)C[C@H]2C1. The minimum atomic E-state index is -3.69. The number of sulfonamides is 1. The number of fused-ring (bicyclic) bond motifs is 1. The third-order valence-corrected chi connectivity index (χ3v) is 7.80. The maximum atomic E-state index is 12.0. The fraction of sp³-hybridized carbons (Fsp3) is 1.00. The predicted octanol–water partition coefficient (Wildman–Crippen LogP) is -0.622. The first-order valence-corrected chi connectivity index (χ1v) is 9.75. The van der Waals surface area contributed by atoms with Gasteiger partial charge in [0.1, 0.15) is 0 Å². The average molecular weight is 296 g/mol. The van der Waals surface area contributed by atoms with E-state index in [0.29, 0.717) is 24.9 Å². The Bertz CT molecular complexity index is 514. The molecule has 0 amide bonds. The highest BCUT2D eigenvalue weighted by Crippen LogP contribution is 2.36. The van der Waals surface area contributed by atoms with E-state index >= 15 is 0 Å². The second kappa shape index (κ2) is 4.73. The highest BCUT2D eigenvalue weighted by Gasteiger charge is 2.41. The van der Waals surface area contributed by atoms with Gasteiger partial charge in [0.15, 0.2) is 14.9 Å². The zero-order valence-electron chi connectivity index (χ0n) is 10.4. The van der Waals surface area contributed by atoms with Crippen molar-refractivity contribution in [2.45, 2.75) is 25.3 Å². The summed E-state index contributed by atoms with van der Waals surface area (Å²) in [7, 11) is -7.21. The van der Waals surface area contributed by atoms with Crippen molar-refractivity contribution in [2.75, 3.05) is 24.4 Å². The van der Waals surface area contributed by atoms with E-state index in [1.54, 1.807) is 0 Å². The highest BCUT2D eigenvalue weighted by molar-refractivity contribution is 8.06. The van der Waals surface area contributed by atoms with E-state index in [1.807, 2.05) is 0 Å². The molecule has 0 spiro atoms. The molecule has 6 nitrogen and oxygen atoms in total. The fourth-order valence-corrected chi connectivity index (χ4v) is 6.59. The molecule has 1 unspecified atom stereocenters. The van der Waals surface area contributed by atoms with Gasteiger partial charge in [-0.3, -0.25) is 0 Å². The van der Waals surface area contributed by atoms with Crippen LogP contribution in [0.25, 0.3) is 0 Å². The summed E-state index contributed by atoms with van der Waals surface area (Å²) in [6.07, 6.45) is 3.66. The van der Waals surface area contributed by atoms with Crippen molar-refractivity contribution in [1.82, 2.24) is 4.31 Å². The van der Waals surface area contributed by atoms with Crippen LogP contribution in [0.2, 0.25) is 0 Å². The molecule has 0 aromatic rings. The van der Waals surface area contributed by atoms with Crippen LogP contribution in [0.1, 0.15) is 19.3 Å². The molecule has 18 heavy (non-hydrogen) atoms. The van der Waals surface area contributed by atoms with E-state index in [9.17, 15) is 16.8 Å². The Morgan fingerprint density at radius 3 is 2.33 bits per heavy atom. The molecule has 1 aliphatic carbocycles. The molecule has 1 saturated heterocycles. The smallest absolute Gasteiger partial charge is 0.228 e. The molecule has 2 N–H and O–H groups in total. The lowest BCUT2D eigenvalue weighted by Gasteiger charge is -2.28. The van der Waals surface area contributed by atoms with Crippen LogP contribution in [0.4, 0.5) is 0 Å². The Hall–Kier alpha value is -0.180. The first-order valence-electron chi connectivity index (χ1n) is 6.08. The van der Waals surface area contributed by atoms with Crippen LogP contribution in [-0.4, -0.2) is 51.6 Å². The van der Waals surface area contributed by atoms with Crippen LogP contribution >= 0.6 is 0 Å². The Kier molecular flexibility index (Phi) is 3.74. The molecule has 0 aromatic heterocycles. The van der Waals surface area contributed by atoms with Gasteiger partial charge in [-0.2, -0.15) is 0 Å². The summed E-state index contributed by atoms with van der Waals surface area (Å²) in [5, 5.41) is -0.786. The van der Waals surface area contributed by atoms with Gasteiger partial charge in [-0.15, -0.1) is 0 Å². The predicted molar refractivity (Wildman–Crippen MR) is 69.0 cm³/mol. The van der Waals surface area contributed by atoms with Gasteiger partial charge in [0.2, 0.25) is 10.0 Å². The van der Waals surface area contributed by atoms with E-state index in [-0.39, 0.29) is 6.04 Å². The summed E-state index contributed by atoms with van der Waals surface area (Å²) in [4.78, 5) is 0. The van der Waals surface area contributed by atoms with Gasteiger partial charge < -0.3 is 5.73 Å². The number of nitrogens with two attached hydrogens (primary N) is 1. The van der Waals surface area contributed by atoms with Crippen LogP contribution in [0, 0.1) is 11.8 Å². The Labute approximate surface area is 108 Å². The number of hydrogen-bond donors (Lipinski definition) is 1. The molecule has 0 bridgehead atoms.